The molecule has 2 aromatic carbocycles. The maximum absolute atomic E-state index is 14.2. The first-order valence-electron chi connectivity index (χ1n) is 11.8. The first-order valence-corrected chi connectivity index (χ1v) is 12.2. The number of carbonyl (C=O) groups is 3. The summed E-state index contributed by atoms with van der Waals surface area (Å²) in [4.78, 5) is 47.6. The number of rotatable bonds is 3. The molecule has 3 fully saturated rings. The van der Waals surface area contributed by atoms with Crippen molar-refractivity contribution in [2.24, 2.45) is 11.8 Å². The lowest BCUT2D eigenvalue weighted by Crippen LogP contribution is -2.56. The summed E-state index contributed by atoms with van der Waals surface area (Å²) in [5.41, 5.74) is 1.64. The number of ether oxygens (including phenoxy) is 1. The van der Waals surface area contributed by atoms with Gasteiger partial charge in [0.15, 0.2) is 0 Å². The van der Waals surface area contributed by atoms with E-state index < -0.39 is 17.4 Å². The number of imide groups is 1. The fourth-order valence-corrected chi connectivity index (χ4v) is 7.03. The van der Waals surface area contributed by atoms with Crippen LogP contribution in [0.5, 0.6) is 5.75 Å². The van der Waals surface area contributed by atoms with E-state index in [1.54, 1.807) is 17.0 Å². The van der Waals surface area contributed by atoms with Crippen LogP contribution in [0.15, 0.2) is 36.4 Å². The summed E-state index contributed by atoms with van der Waals surface area (Å²) in [6.45, 7) is 4.97. The van der Waals surface area contributed by atoms with Gasteiger partial charge in [-0.05, 0) is 50.9 Å². The van der Waals surface area contributed by atoms with Gasteiger partial charge in [0.1, 0.15) is 11.3 Å². The Kier molecular flexibility index (Phi) is 4.64. The number of aryl methyl sites for hydroxylation is 1. The molecule has 8 heteroatoms. The molecule has 176 valence electrons. The van der Waals surface area contributed by atoms with Gasteiger partial charge < -0.3 is 9.64 Å². The molecule has 3 amide bonds. The van der Waals surface area contributed by atoms with Gasteiger partial charge in [0, 0.05) is 34.9 Å². The zero-order valence-corrected chi connectivity index (χ0v) is 20.1. The van der Waals surface area contributed by atoms with Crippen LogP contribution in [0.2, 0.25) is 5.02 Å². The molecular formula is C26H26ClN3O4. The van der Waals surface area contributed by atoms with E-state index in [9.17, 15) is 14.4 Å². The zero-order chi connectivity index (χ0) is 23.9. The third kappa shape index (κ3) is 2.39. The lowest BCUT2D eigenvalue weighted by molar-refractivity contribution is -0.137. The molecule has 6 rings (SSSR count). The number of anilines is 2. The zero-order valence-electron chi connectivity index (χ0n) is 19.4. The number of halogens is 1. The van der Waals surface area contributed by atoms with Crippen LogP contribution in [0.3, 0.4) is 0 Å². The quantitative estimate of drug-likeness (QED) is 0.630. The van der Waals surface area contributed by atoms with Crippen molar-refractivity contribution >= 4 is 40.7 Å². The molecule has 0 saturated carbocycles. The Morgan fingerprint density at radius 2 is 1.88 bits per heavy atom. The molecule has 4 atom stereocenters. The number of fused-ring (bicyclic) bond motifs is 7. The van der Waals surface area contributed by atoms with Crippen molar-refractivity contribution in [3.05, 3.63) is 52.5 Å². The summed E-state index contributed by atoms with van der Waals surface area (Å²) < 4.78 is 5.51. The van der Waals surface area contributed by atoms with Crippen LogP contribution in [0.25, 0.3) is 0 Å². The number of carbonyl (C=O) groups excluding carboxylic acids is 3. The van der Waals surface area contributed by atoms with Crippen molar-refractivity contribution in [3.63, 3.8) is 0 Å². The predicted octanol–water partition coefficient (Wildman–Crippen LogP) is 3.50. The molecule has 3 saturated heterocycles. The van der Waals surface area contributed by atoms with Crippen molar-refractivity contribution in [1.82, 2.24) is 4.90 Å². The van der Waals surface area contributed by atoms with Crippen LogP contribution >= 0.6 is 11.6 Å². The number of amides is 3. The minimum absolute atomic E-state index is 0.0992. The third-order valence-corrected chi connectivity index (χ3v) is 8.57. The number of methoxy groups -OCH3 is 1. The van der Waals surface area contributed by atoms with E-state index in [2.05, 4.69) is 4.90 Å². The predicted molar refractivity (Wildman–Crippen MR) is 128 cm³/mol. The van der Waals surface area contributed by atoms with Crippen molar-refractivity contribution in [3.8, 4) is 5.75 Å². The van der Waals surface area contributed by atoms with Gasteiger partial charge in [-0.2, -0.15) is 0 Å². The maximum Gasteiger partial charge on any atom is 0.253 e. The largest absolute Gasteiger partial charge is 0.495 e. The van der Waals surface area contributed by atoms with E-state index in [1.165, 1.54) is 12.0 Å². The first kappa shape index (κ1) is 21.6. The van der Waals surface area contributed by atoms with Crippen molar-refractivity contribution in [1.29, 1.82) is 0 Å². The number of likely N-dealkylation sites (N-methyl/N-ethyl adjacent to an activating group) is 1. The van der Waals surface area contributed by atoms with Crippen LogP contribution in [0.1, 0.15) is 30.9 Å². The fraction of sp³-hybridized carbons (Fsp3) is 0.423. The van der Waals surface area contributed by atoms with Gasteiger partial charge in [-0.15, -0.1) is 0 Å². The molecule has 7 nitrogen and oxygen atoms in total. The minimum Gasteiger partial charge on any atom is -0.495 e. The summed E-state index contributed by atoms with van der Waals surface area (Å²) in [6, 6.07) is 10.9. The molecule has 4 heterocycles. The Bertz CT molecular complexity index is 1260. The van der Waals surface area contributed by atoms with Gasteiger partial charge in [0.05, 0.1) is 24.6 Å². The summed E-state index contributed by atoms with van der Waals surface area (Å²) in [5, 5.41) is 0.497. The van der Waals surface area contributed by atoms with Crippen molar-refractivity contribution < 1.29 is 19.1 Å². The van der Waals surface area contributed by atoms with E-state index in [1.807, 2.05) is 38.1 Å². The van der Waals surface area contributed by atoms with Gasteiger partial charge >= 0.3 is 0 Å². The average molecular weight is 480 g/mol. The molecule has 1 spiro atoms. The number of benzene rings is 2. The molecule has 0 N–H and O–H groups in total. The normalized spacial score (nSPS) is 29.9. The molecule has 4 aliphatic rings. The Balaban J connectivity index is 1.57. The van der Waals surface area contributed by atoms with Gasteiger partial charge in [-0.25, -0.2) is 4.90 Å². The summed E-state index contributed by atoms with van der Waals surface area (Å²) in [6.07, 6.45) is 1.68. The minimum atomic E-state index is -1.16. The van der Waals surface area contributed by atoms with E-state index in [0.717, 1.165) is 29.7 Å². The SMILES string of the molecule is CCN1C(=O)[C@]2(c3ccccc31)[C@@H]1C(=O)N(c3cc(C)c(Cl)cc3OC)C(=O)[C@@H]1[C@H]1CCCN12. The fourth-order valence-electron chi connectivity index (χ4n) is 6.88. The van der Waals surface area contributed by atoms with Gasteiger partial charge in [-0.1, -0.05) is 29.8 Å². The topological polar surface area (TPSA) is 70.2 Å². The molecule has 0 radical (unpaired) electrons. The number of nitrogens with zero attached hydrogens (tertiary/aromatic N) is 3. The smallest absolute Gasteiger partial charge is 0.253 e. The Hall–Kier alpha value is -2.90. The second-order valence-electron chi connectivity index (χ2n) is 9.52. The number of hydrogen-bond donors (Lipinski definition) is 0. The number of hydrogen-bond acceptors (Lipinski definition) is 5. The van der Waals surface area contributed by atoms with Crippen LogP contribution in [0.4, 0.5) is 11.4 Å². The molecule has 2 aromatic rings. The maximum atomic E-state index is 14.2. The van der Waals surface area contributed by atoms with Crippen LogP contribution < -0.4 is 14.5 Å². The highest BCUT2D eigenvalue weighted by Crippen LogP contribution is 2.62. The standard InChI is InChI=1S/C26H26ClN3O4/c1-4-28-17-9-6-5-8-15(17)26(25(28)33)22-21(18-10-7-11-29(18)26)23(31)30(24(22)32)19-12-14(2)16(27)13-20(19)34-3/h5-6,8-9,12-13,18,21-22H,4,7,10-11H2,1-3H3/t18-,21-,22+,26+/m1/s1. The van der Waals surface area contributed by atoms with Crippen LogP contribution in [0, 0.1) is 18.8 Å². The Labute approximate surface area is 203 Å². The van der Waals surface area contributed by atoms with E-state index in [4.69, 9.17) is 16.3 Å². The highest BCUT2D eigenvalue weighted by molar-refractivity contribution is 6.32. The monoisotopic (exact) mass is 479 g/mol. The Morgan fingerprint density at radius 3 is 2.62 bits per heavy atom. The molecule has 0 bridgehead atoms. The second-order valence-corrected chi connectivity index (χ2v) is 9.93. The lowest BCUT2D eigenvalue weighted by atomic mass is 9.75. The average Bonchev–Trinajstić information content (AvgIpc) is 3.53. The second kappa shape index (κ2) is 7.30. The first-order chi connectivity index (χ1) is 16.4. The van der Waals surface area contributed by atoms with Crippen LogP contribution in [-0.4, -0.2) is 48.9 Å². The van der Waals surface area contributed by atoms with Gasteiger partial charge in [0.25, 0.3) is 5.91 Å². The Morgan fingerprint density at radius 1 is 1.12 bits per heavy atom. The van der Waals surface area contributed by atoms with E-state index in [-0.39, 0.29) is 23.8 Å². The molecular weight excluding hydrogens is 454 g/mol. The van der Waals surface area contributed by atoms with Crippen molar-refractivity contribution in [2.45, 2.75) is 38.3 Å². The van der Waals surface area contributed by atoms with E-state index in [0.29, 0.717) is 29.5 Å². The molecule has 4 aliphatic heterocycles. The number of para-hydroxylation sites is 1. The highest BCUT2D eigenvalue weighted by Gasteiger charge is 2.75. The van der Waals surface area contributed by atoms with E-state index >= 15 is 0 Å². The summed E-state index contributed by atoms with van der Waals surface area (Å²) >= 11 is 6.29. The highest BCUT2D eigenvalue weighted by atomic mass is 35.5. The molecule has 0 aromatic heterocycles. The van der Waals surface area contributed by atoms with Crippen LogP contribution in [-0.2, 0) is 19.9 Å². The lowest BCUT2D eigenvalue weighted by Gasteiger charge is -2.37. The molecule has 0 unspecified atom stereocenters. The summed E-state index contributed by atoms with van der Waals surface area (Å²) in [5.74, 6) is -1.70. The van der Waals surface area contributed by atoms with Gasteiger partial charge in [0.2, 0.25) is 11.8 Å². The van der Waals surface area contributed by atoms with Gasteiger partial charge in [-0.3, -0.25) is 19.3 Å². The molecule has 34 heavy (non-hydrogen) atoms. The third-order valence-electron chi connectivity index (χ3n) is 8.16. The molecule has 0 aliphatic carbocycles. The van der Waals surface area contributed by atoms with Crippen molar-refractivity contribution in [2.75, 3.05) is 30.0 Å². The summed E-state index contributed by atoms with van der Waals surface area (Å²) in [7, 11) is 1.49.